The monoisotopic (exact) mass is 449 g/mol. The number of aliphatic hydroxyl groups excluding tert-OH is 1. The Hall–Kier alpha value is -3.67. The molecule has 0 radical (unpaired) electrons. The molecule has 12 heteroatoms. The molecule has 1 aliphatic rings. The lowest BCUT2D eigenvalue weighted by atomic mass is 10.0. The first-order valence-electron chi connectivity index (χ1n) is 10.0. The first kappa shape index (κ1) is 24.6. The summed E-state index contributed by atoms with van der Waals surface area (Å²) in [5.41, 5.74) is 7.44. The fraction of sp³-hybridized carbons (Fsp3) is 0.450. The van der Waals surface area contributed by atoms with E-state index in [1.54, 1.807) is 24.3 Å². The van der Waals surface area contributed by atoms with Gasteiger partial charge < -0.3 is 36.2 Å². The maximum Gasteiger partial charge on any atom is 0.407 e. The maximum absolute atomic E-state index is 12.2. The van der Waals surface area contributed by atoms with Crippen LogP contribution in [0.25, 0.3) is 0 Å². The number of carboxylic acids is 1. The van der Waals surface area contributed by atoms with Crippen molar-refractivity contribution in [2.24, 2.45) is 10.9 Å². The number of aliphatic hydroxyl groups is 1. The predicted molar refractivity (Wildman–Crippen MR) is 113 cm³/mol. The van der Waals surface area contributed by atoms with Gasteiger partial charge in [0.15, 0.2) is 0 Å². The van der Waals surface area contributed by atoms with Crippen LogP contribution in [0.5, 0.6) is 0 Å². The van der Waals surface area contributed by atoms with E-state index in [1.807, 2.05) is 0 Å². The normalized spacial score (nSPS) is 15.8. The second kappa shape index (κ2) is 12.2. The minimum atomic E-state index is -1.36. The van der Waals surface area contributed by atoms with Gasteiger partial charge in [-0.05, 0) is 18.4 Å². The number of carboxylic acid groups (broad SMARTS) is 1. The van der Waals surface area contributed by atoms with Crippen LogP contribution < -0.4 is 16.4 Å². The predicted octanol–water partition coefficient (Wildman–Crippen LogP) is -0.0781. The first-order chi connectivity index (χ1) is 15.3. The third kappa shape index (κ3) is 7.87. The van der Waals surface area contributed by atoms with Crippen molar-refractivity contribution in [2.75, 3.05) is 19.8 Å². The molecule has 1 heterocycles. The second-order valence-corrected chi connectivity index (χ2v) is 7.07. The maximum atomic E-state index is 12.2. The minimum Gasteiger partial charge on any atom is -0.480 e. The molecule has 1 aliphatic heterocycles. The molecule has 0 unspecified atom stereocenters. The first-order valence-corrected chi connectivity index (χ1v) is 10.0. The summed E-state index contributed by atoms with van der Waals surface area (Å²) in [5.74, 6) is -1.82. The number of alkyl carbamates (subject to hydrolysis) is 1. The van der Waals surface area contributed by atoms with E-state index in [1.165, 1.54) is 0 Å². The van der Waals surface area contributed by atoms with Gasteiger partial charge in [0, 0.05) is 25.1 Å². The quantitative estimate of drug-likeness (QED) is 0.145. The molecule has 1 aromatic carbocycles. The van der Waals surface area contributed by atoms with Crippen LogP contribution in [0.2, 0.25) is 0 Å². The standard InChI is InChI=1S/C20H27N5O7/c21-18(22)13-5-3-12(4-6-13)15-9-14(32-25-15)10-17(27)23-11-16(19(28)29)24-20(30)31-8-2-1-7-26/h3-6,14,16,26H,1-2,7-11H2,(H3,21,22)(H,23,27)(H,24,30)(H,28,29)/t14-,16+/m1/s1. The third-order valence-corrected chi connectivity index (χ3v) is 4.55. The lowest BCUT2D eigenvalue weighted by Gasteiger charge is -2.16. The van der Waals surface area contributed by atoms with E-state index in [0.29, 0.717) is 30.5 Å². The lowest BCUT2D eigenvalue weighted by molar-refractivity contribution is -0.139. The molecule has 174 valence electrons. The average molecular weight is 449 g/mol. The van der Waals surface area contributed by atoms with Crippen LogP contribution in [0.15, 0.2) is 29.4 Å². The molecule has 0 aliphatic carbocycles. The van der Waals surface area contributed by atoms with Crippen LogP contribution in [-0.4, -0.2) is 71.6 Å². The number of carbonyl (C=O) groups excluding carboxylic acids is 2. The second-order valence-electron chi connectivity index (χ2n) is 7.07. The van der Waals surface area contributed by atoms with E-state index in [9.17, 15) is 19.5 Å². The number of hydrogen-bond acceptors (Lipinski definition) is 8. The summed E-state index contributed by atoms with van der Waals surface area (Å²) in [5, 5.41) is 33.9. The van der Waals surface area contributed by atoms with Crippen LogP contribution in [-0.2, 0) is 19.2 Å². The van der Waals surface area contributed by atoms with Crippen LogP contribution >= 0.6 is 0 Å². The molecule has 12 nitrogen and oxygen atoms in total. The highest BCUT2D eigenvalue weighted by Gasteiger charge is 2.26. The van der Waals surface area contributed by atoms with Gasteiger partial charge in [0.1, 0.15) is 18.0 Å². The van der Waals surface area contributed by atoms with Crippen molar-refractivity contribution in [1.82, 2.24) is 10.6 Å². The number of aliphatic carboxylic acids is 1. The van der Waals surface area contributed by atoms with Gasteiger partial charge in [-0.15, -0.1) is 0 Å². The Morgan fingerprint density at radius 2 is 2.00 bits per heavy atom. The smallest absolute Gasteiger partial charge is 0.407 e. The molecule has 0 saturated heterocycles. The number of amidine groups is 1. The summed E-state index contributed by atoms with van der Waals surface area (Å²) in [6.07, 6.45) is -0.179. The van der Waals surface area contributed by atoms with Crippen molar-refractivity contribution in [3.63, 3.8) is 0 Å². The van der Waals surface area contributed by atoms with Gasteiger partial charge in [0.25, 0.3) is 0 Å². The summed E-state index contributed by atoms with van der Waals surface area (Å²) >= 11 is 0. The fourth-order valence-electron chi connectivity index (χ4n) is 2.81. The molecule has 0 fully saturated rings. The number of nitrogens with one attached hydrogen (secondary N) is 3. The van der Waals surface area contributed by atoms with Gasteiger partial charge in [-0.1, -0.05) is 29.4 Å². The number of nitrogen functional groups attached to an aromatic ring is 1. The molecular formula is C20H27N5O7. The van der Waals surface area contributed by atoms with Crippen molar-refractivity contribution >= 4 is 29.5 Å². The van der Waals surface area contributed by atoms with Crippen molar-refractivity contribution in [1.29, 1.82) is 5.41 Å². The highest BCUT2D eigenvalue weighted by molar-refractivity contribution is 6.02. The molecular weight excluding hydrogens is 422 g/mol. The number of carbonyl (C=O) groups is 3. The SMILES string of the molecule is N=C(N)c1ccc(C2=NO[C@@H](CC(=O)NC[C@H](NC(=O)OCCCCO)C(=O)O)C2)cc1. The van der Waals surface area contributed by atoms with E-state index in [-0.39, 0.29) is 32.0 Å². The Morgan fingerprint density at radius 3 is 2.62 bits per heavy atom. The largest absolute Gasteiger partial charge is 0.480 e. The number of nitrogens with two attached hydrogens (primary N) is 1. The fourth-order valence-corrected chi connectivity index (χ4v) is 2.81. The Labute approximate surface area is 184 Å². The van der Waals surface area contributed by atoms with Crippen molar-refractivity contribution in [3.05, 3.63) is 35.4 Å². The number of ether oxygens (including phenoxy) is 1. The minimum absolute atomic E-state index is 0.0296. The number of amides is 2. The lowest BCUT2D eigenvalue weighted by Crippen LogP contribution is -2.48. The van der Waals surface area contributed by atoms with Gasteiger partial charge in [-0.2, -0.15) is 0 Å². The van der Waals surface area contributed by atoms with Gasteiger partial charge in [0.05, 0.1) is 18.7 Å². The van der Waals surface area contributed by atoms with E-state index in [0.717, 1.165) is 5.56 Å². The molecule has 0 spiro atoms. The number of benzene rings is 1. The molecule has 32 heavy (non-hydrogen) atoms. The van der Waals surface area contributed by atoms with Crippen LogP contribution in [0.1, 0.15) is 36.8 Å². The Bertz CT molecular complexity index is 856. The molecule has 2 rings (SSSR count). The molecule has 2 atom stereocenters. The summed E-state index contributed by atoms with van der Waals surface area (Å²) in [4.78, 5) is 40.4. The van der Waals surface area contributed by atoms with E-state index >= 15 is 0 Å². The summed E-state index contributed by atoms with van der Waals surface area (Å²) in [6, 6.07) is 5.54. The molecule has 1 aromatic rings. The van der Waals surface area contributed by atoms with Gasteiger partial charge >= 0.3 is 12.1 Å². The van der Waals surface area contributed by atoms with Crippen molar-refractivity contribution in [2.45, 2.75) is 37.8 Å². The number of nitrogens with zero attached hydrogens (tertiary/aromatic N) is 1. The molecule has 0 aromatic heterocycles. The van der Waals surface area contributed by atoms with Gasteiger partial charge in [-0.3, -0.25) is 10.2 Å². The zero-order chi connectivity index (χ0) is 23.5. The van der Waals surface area contributed by atoms with Crippen LogP contribution in [0.4, 0.5) is 4.79 Å². The number of oxime groups is 1. The van der Waals surface area contributed by atoms with Crippen molar-refractivity contribution < 1.29 is 34.2 Å². The summed E-state index contributed by atoms with van der Waals surface area (Å²) in [7, 11) is 0. The number of rotatable bonds is 12. The topological polar surface area (TPSA) is 196 Å². The Balaban J connectivity index is 1.75. The van der Waals surface area contributed by atoms with Gasteiger partial charge in [0.2, 0.25) is 5.91 Å². The average Bonchev–Trinajstić information content (AvgIpc) is 3.22. The van der Waals surface area contributed by atoms with Crippen LogP contribution in [0, 0.1) is 5.41 Å². The van der Waals surface area contributed by atoms with Crippen LogP contribution in [0.3, 0.4) is 0 Å². The Kier molecular flexibility index (Phi) is 9.42. The number of hydrogen-bond donors (Lipinski definition) is 6. The zero-order valence-corrected chi connectivity index (χ0v) is 17.4. The summed E-state index contributed by atoms with van der Waals surface area (Å²) < 4.78 is 4.82. The van der Waals surface area contributed by atoms with E-state index in [2.05, 4.69) is 15.8 Å². The van der Waals surface area contributed by atoms with Gasteiger partial charge in [-0.25, -0.2) is 9.59 Å². The highest BCUT2D eigenvalue weighted by Crippen LogP contribution is 2.19. The summed E-state index contributed by atoms with van der Waals surface area (Å²) in [6.45, 7) is -0.311. The van der Waals surface area contributed by atoms with E-state index in [4.69, 9.17) is 25.8 Å². The zero-order valence-electron chi connectivity index (χ0n) is 17.4. The molecule has 2 amide bonds. The highest BCUT2D eigenvalue weighted by atomic mass is 16.6. The molecule has 7 N–H and O–H groups in total. The Morgan fingerprint density at radius 1 is 1.28 bits per heavy atom. The molecule has 0 saturated carbocycles. The number of unbranched alkanes of at least 4 members (excludes halogenated alkanes) is 1. The molecule has 0 bridgehead atoms. The van der Waals surface area contributed by atoms with E-state index < -0.39 is 30.1 Å². The van der Waals surface area contributed by atoms with Crippen molar-refractivity contribution in [3.8, 4) is 0 Å². The third-order valence-electron chi connectivity index (χ3n) is 4.55.